The van der Waals surface area contributed by atoms with E-state index in [0.29, 0.717) is 17.8 Å². The second-order valence-electron chi connectivity index (χ2n) is 4.10. The second-order valence-corrected chi connectivity index (χ2v) is 7.33. The van der Waals surface area contributed by atoms with Gasteiger partial charge >= 0.3 is 0 Å². The molecule has 1 heterocycles. The Balaban J connectivity index is 2.03. The molecule has 5 nitrogen and oxygen atoms in total. The van der Waals surface area contributed by atoms with Gasteiger partial charge in [0.15, 0.2) is 4.21 Å². The summed E-state index contributed by atoms with van der Waals surface area (Å²) in [6.45, 7) is 1.84. The van der Waals surface area contributed by atoms with Crippen LogP contribution < -0.4 is 4.72 Å². The summed E-state index contributed by atoms with van der Waals surface area (Å²) in [4.78, 5) is 3.90. The lowest BCUT2D eigenvalue weighted by atomic mass is 9.81. The van der Waals surface area contributed by atoms with Gasteiger partial charge in [-0.2, -0.15) is 0 Å². The van der Waals surface area contributed by atoms with Crippen molar-refractivity contribution in [3.63, 3.8) is 0 Å². The van der Waals surface area contributed by atoms with Crippen molar-refractivity contribution >= 4 is 21.4 Å². The van der Waals surface area contributed by atoms with Gasteiger partial charge in [-0.3, -0.25) is 0 Å². The highest BCUT2D eigenvalue weighted by atomic mass is 32.2. The summed E-state index contributed by atoms with van der Waals surface area (Å²) in [6.07, 6.45) is 3.62. The van der Waals surface area contributed by atoms with Crippen LogP contribution in [0.15, 0.2) is 10.4 Å². The van der Waals surface area contributed by atoms with Crippen LogP contribution in [0.5, 0.6) is 0 Å². The largest absolute Gasteiger partial charge is 0.389 e. The minimum absolute atomic E-state index is 0.0896. The highest BCUT2D eigenvalue weighted by Gasteiger charge is 2.35. The summed E-state index contributed by atoms with van der Waals surface area (Å²) in [5.74, 6) is 0. The molecule has 0 radical (unpaired) electrons. The van der Waals surface area contributed by atoms with Crippen LogP contribution in [-0.2, 0) is 10.0 Å². The molecule has 1 fully saturated rings. The fourth-order valence-electron chi connectivity index (χ4n) is 1.53. The van der Waals surface area contributed by atoms with Gasteiger partial charge in [0, 0.05) is 6.54 Å². The van der Waals surface area contributed by atoms with Gasteiger partial charge < -0.3 is 5.11 Å². The summed E-state index contributed by atoms with van der Waals surface area (Å²) in [6, 6.07) is 0. The maximum Gasteiger partial charge on any atom is 0.251 e. The average Bonchev–Trinajstić information content (AvgIpc) is 2.60. The Morgan fingerprint density at radius 3 is 2.75 bits per heavy atom. The summed E-state index contributed by atoms with van der Waals surface area (Å²) in [5.41, 5.74) is -0.840. The molecule has 1 aliphatic rings. The zero-order valence-electron chi connectivity index (χ0n) is 8.93. The highest BCUT2D eigenvalue weighted by molar-refractivity contribution is 7.91. The first-order chi connectivity index (χ1) is 7.41. The quantitative estimate of drug-likeness (QED) is 0.835. The minimum Gasteiger partial charge on any atom is -0.389 e. The van der Waals surface area contributed by atoms with Crippen molar-refractivity contribution in [2.45, 2.75) is 36.0 Å². The molecular weight excluding hydrogens is 248 g/mol. The Hall–Kier alpha value is -0.500. The number of aryl methyl sites for hydroxylation is 1. The normalized spacial score (nSPS) is 19.4. The van der Waals surface area contributed by atoms with E-state index in [-0.39, 0.29) is 10.8 Å². The Bertz CT molecular complexity index is 477. The molecule has 0 aliphatic heterocycles. The summed E-state index contributed by atoms with van der Waals surface area (Å²) >= 11 is 1.13. The Morgan fingerprint density at radius 1 is 1.62 bits per heavy atom. The molecule has 0 atom stereocenters. The SMILES string of the molecule is Cc1ncc(S(=O)(=O)NCC2(O)CCC2)s1. The molecule has 0 amide bonds. The van der Waals surface area contributed by atoms with Crippen molar-refractivity contribution in [3.8, 4) is 0 Å². The molecule has 0 spiro atoms. The van der Waals surface area contributed by atoms with Gasteiger partial charge in [0.2, 0.25) is 0 Å². The lowest BCUT2D eigenvalue weighted by Gasteiger charge is -2.36. The van der Waals surface area contributed by atoms with Crippen molar-refractivity contribution in [2.24, 2.45) is 0 Å². The topological polar surface area (TPSA) is 79.3 Å². The molecule has 1 aromatic rings. The molecule has 2 N–H and O–H groups in total. The summed E-state index contributed by atoms with van der Waals surface area (Å²) in [7, 11) is -3.50. The molecule has 16 heavy (non-hydrogen) atoms. The smallest absolute Gasteiger partial charge is 0.251 e. The van der Waals surface area contributed by atoms with Gasteiger partial charge in [-0.25, -0.2) is 18.1 Å². The standard InChI is InChI=1S/C9H14N2O3S2/c1-7-10-5-8(15-7)16(13,14)11-6-9(12)3-2-4-9/h5,11-12H,2-4,6H2,1H3. The number of nitrogens with zero attached hydrogens (tertiary/aromatic N) is 1. The fourth-order valence-corrected chi connectivity index (χ4v) is 3.80. The van der Waals surface area contributed by atoms with E-state index in [1.165, 1.54) is 6.20 Å². The molecule has 90 valence electrons. The van der Waals surface area contributed by atoms with Crippen molar-refractivity contribution < 1.29 is 13.5 Å². The van der Waals surface area contributed by atoms with E-state index in [0.717, 1.165) is 17.8 Å². The minimum atomic E-state index is -3.50. The average molecular weight is 262 g/mol. The number of rotatable bonds is 4. The third kappa shape index (κ3) is 2.42. The first-order valence-corrected chi connectivity index (χ1v) is 7.36. The van der Waals surface area contributed by atoms with Crippen molar-refractivity contribution in [2.75, 3.05) is 6.54 Å². The maximum atomic E-state index is 11.8. The molecule has 0 unspecified atom stereocenters. The molecular formula is C9H14N2O3S2. The van der Waals surface area contributed by atoms with Crippen molar-refractivity contribution in [3.05, 3.63) is 11.2 Å². The predicted molar refractivity (Wildman–Crippen MR) is 60.8 cm³/mol. The molecule has 1 aromatic heterocycles. The van der Waals surface area contributed by atoms with E-state index < -0.39 is 15.6 Å². The highest BCUT2D eigenvalue weighted by Crippen LogP contribution is 2.31. The number of aliphatic hydroxyl groups is 1. The number of sulfonamides is 1. The van der Waals surface area contributed by atoms with E-state index in [2.05, 4.69) is 9.71 Å². The first-order valence-electron chi connectivity index (χ1n) is 5.06. The number of hydrogen-bond acceptors (Lipinski definition) is 5. The summed E-state index contributed by atoms with van der Waals surface area (Å²) in [5, 5.41) is 10.5. The van der Waals surface area contributed by atoms with Gasteiger partial charge in [0.1, 0.15) is 0 Å². The number of thiazole rings is 1. The van der Waals surface area contributed by atoms with Crippen molar-refractivity contribution in [1.82, 2.24) is 9.71 Å². The Labute approximate surface area is 98.6 Å². The molecule has 0 bridgehead atoms. The number of nitrogens with one attached hydrogen (secondary N) is 1. The fraction of sp³-hybridized carbons (Fsp3) is 0.667. The van der Waals surface area contributed by atoms with E-state index in [1.807, 2.05) is 0 Å². The second kappa shape index (κ2) is 4.06. The van der Waals surface area contributed by atoms with Crippen LogP contribution in [-0.4, -0.2) is 30.7 Å². The van der Waals surface area contributed by atoms with Gasteiger partial charge in [-0.1, -0.05) is 0 Å². The lowest BCUT2D eigenvalue weighted by Crippen LogP contribution is -2.47. The van der Waals surface area contributed by atoms with Crippen LogP contribution in [0.25, 0.3) is 0 Å². The van der Waals surface area contributed by atoms with Gasteiger partial charge in [-0.15, -0.1) is 11.3 Å². The summed E-state index contributed by atoms with van der Waals surface area (Å²) < 4.78 is 26.2. The monoisotopic (exact) mass is 262 g/mol. The van der Waals surface area contributed by atoms with Crippen LogP contribution in [0.1, 0.15) is 24.3 Å². The zero-order chi connectivity index (χ0) is 11.8. The zero-order valence-corrected chi connectivity index (χ0v) is 10.6. The first kappa shape index (κ1) is 12.0. The van der Waals surface area contributed by atoms with Crippen LogP contribution in [0, 0.1) is 6.92 Å². The Kier molecular flexibility index (Phi) is 3.04. The van der Waals surface area contributed by atoms with Gasteiger partial charge in [0.25, 0.3) is 10.0 Å². The predicted octanol–water partition coefficient (Wildman–Crippen LogP) is 0.645. The number of hydrogen-bond donors (Lipinski definition) is 2. The van der Waals surface area contributed by atoms with E-state index in [4.69, 9.17) is 0 Å². The molecule has 2 rings (SSSR count). The van der Waals surface area contributed by atoms with Gasteiger partial charge in [0.05, 0.1) is 16.8 Å². The van der Waals surface area contributed by atoms with Gasteiger partial charge in [-0.05, 0) is 26.2 Å². The van der Waals surface area contributed by atoms with E-state index >= 15 is 0 Å². The van der Waals surface area contributed by atoms with E-state index in [9.17, 15) is 13.5 Å². The van der Waals surface area contributed by atoms with Crippen LogP contribution >= 0.6 is 11.3 Å². The molecule has 0 aromatic carbocycles. The lowest BCUT2D eigenvalue weighted by molar-refractivity contribution is -0.0270. The molecule has 1 saturated carbocycles. The number of aromatic nitrogens is 1. The third-order valence-corrected chi connectivity index (χ3v) is 5.52. The third-order valence-electron chi connectivity index (χ3n) is 2.74. The Morgan fingerprint density at radius 2 is 2.31 bits per heavy atom. The molecule has 1 aliphatic carbocycles. The van der Waals surface area contributed by atoms with Crippen LogP contribution in [0.4, 0.5) is 0 Å². The van der Waals surface area contributed by atoms with Crippen LogP contribution in [0.3, 0.4) is 0 Å². The van der Waals surface area contributed by atoms with Crippen molar-refractivity contribution in [1.29, 1.82) is 0 Å². The maximum absolute atomic E-state index is 11.8. The van der Waals surface area contributed by atoms with E-state index in [1.54, 1.807) is 6.92 Å². The van der Waals surface area contributed by atoms with Crippen LogP contribution in [0.2, 0.25) is 0 Å². The molecule has 0 saturated heterocycles. The molecule has 7 heteroatoms.